The minimum atomic E-state index is -0.850. The summed E-state index contributed by atoms with van der Waals surface area (Å²) in [5, 5.41) is 23.4. The largest absolute Gasteiger partial charge is 0.485 e. The van der Waals surface area contributed by atoms with E-state index in [2.05, 4.69) is 11.4 Å². The third kappa shape index (κ3) is 5.63. The topological polar surface area (TPSA) is 101 Å². The van der Waals surface area contributed by atoms with Gasteiger partial charge >= 0.3 is 0 Å². The predicted molar refractivity (Wildman–Crippen MR) is 114 cm³/mol. The van der Waals surface area contributed by atoms with Crippen LogP contribution in [-0.2, 0) is 9.53 Å². The van der Waals surface area contributed by atoms with Crippen molar-refractivity contribution >= 4 is 6.29 Å². The Labute approximate surface area is 181 Å². The van der Waals surface area contributed by atoms with Crippen LogP contribution in [0.15, 0.2) is 60.6 Å². The summed E-state index contributed by atoms with van der Waals surface area (Å²) in [5.41, 5.74) is 0.389. The number of nitrogens with one attached hydrogen (secondary N) is 1. The number of ether oxygens (including phenoxy) is 3. The van der Waals surface area contributed by atoms with Gasteiger partial charge in [0.1, 0.15) is 29.5 Å². The molecule has 162 valence electrons. The maximum atomic E-state index is 10.9. The van der Waals surface area contributed by atoms with Crippen LogP contribution in [0.1, 0.15) is 37.4 Å². The lowest BCUT2D eigenvalue weighted by atomic mass is 9.86. The predicted octanol–water partition coefficient (Wildman–Crippen LogP) is 3.25. The molecule has 0 aliphatic carbocycles. The molecule has 1 heterocycles. The van der Waals surface area contributed by atoms with E-state index in [4.69, 9.17) is 14.2 Å². The molecule has 2 atom stereocenters. The smallest absolute Gasteiger partial charge is 0.281 e. The molecular formula is C24H26N2O5. The van der Waals surface area contributed by atoms with E-state index >= 15 is 0 Å². The van der Waals surface area contributed by atoms with Gasteiger partial charge in [0.15, 0.2) is 0 Å². The molecule has 7 nitrogen and oxygen atoms in total. The van der Waals surface area contributed by atoms with E-state index < -0.39 is 17.7 Å². The van der Waals surface area contributed by atoms with Crippen LogP contribution in [0.2, 0.25) is 0 Å². The number of nitrogens with zero attached hydrogens (tertiary/aromatic N) is 1. The lowest BCUT2D eigenvalue weighted by molar-refractivity contribution is -0.108. The average molecular weight is 422 g/mol. The van der Waals surface area contributed by atoms with Crippen molar-refractivity contribution in [3.8, 4) is 17.6 Å². The van der Waals surface area contributed by atoms with Crippen molar-refractivity contribution in [3.05, 3.63) is 71.7 Å². The number of aliphatic hydroxyl groups excluding tert-OH is 1. The van der Waals surface area contributed by atoms with Crippen molar-refractivity contribution in [1.82, 2.24) is 5.32 Å². The maximum Gasteiger partial charge on any atom is 0.281 e. The average Bonchev–Trinajstić information content (AvgIpc) is 2.76. The zero-order valence-corrected chi connectivity index (χ0v) is 17.6. The third-order valence-electron chi connectivity index (χ3n) is 4.92. The molecule has 0 bridgehead atoms. The highest BCUT2D eigenvalue weighted by Crippen LogP contribution is 2.40. The van der Waals surface area contributed by atoms with Crippen molar-refractivity contribution in [2.75, 3.05) is 13.2 Å². The second-order valence-corrected chi connectivity index (χ2v) is 7.64. The first-order chi connectivity index (χ1) is 14.9. The van der Waals surface area contributed by atoms with Crippen molar-refractivity contribution in [2.24, 2.45) is 0 Å². The van der Waals surface area contributed by atoms with E-state index in [0.29, 0.717) is 29.2 Å². The van der Waals surface area contributed by atoms with Gasteiger partial charge in [-0.05, 0) is 44.2 Å². The van der Waals surface area contributed by atoms with Gasteiger partial charge in [-0.15, -0.1) is 0 Å². The molecule has 1 aliphatic rings. The van der Waals surface area contributed by atoms with E-state index in [1.54, 1.807) is 36.4 Å². The molecule has 7 heteroatoms. The van der Waals surface area contributed by atoms with Crippen LogP contribution in [0, 0.1) is 11.3 Å². The van der Waals surface area contributed by atoms with Gasteiger partial charge in [-0.1, -0.05) is 18.2 Å². The SMILES string of the molecule is CC1(C)Oc2ccc(C#N)cc2C(NC/C=C(/OCCC=O)Oc2ccccc2)C1O. The summed E-state index contributed by atoms with van der Waals surface area (Å²) in [4.78, 5) is 10.6. The number of aliphatic hydroxyl groups is 1. The van der Waals surface area contributed by atoms with E-state index in [-0.39, 0.29) is 19.0 Å². The van der Waals surface area contributed by atoms with Gasteiger partial charge in [0.25, 0.3) is 5.95 Å². The van der Waals surface area contributed by atoms with Crippen molar-refractivity contribution in [2.45, 2.75) is 38.0 Å². The fourth-order valence-electron chi connectivity index (χ4n) is 3.30. The first kappa shape index (κ1) is 22.3. The van der Waals surface area contributed by atoms with Crippen LogP contribution in [0.4, 0.5) is 0 Å². The number of rotatable bonds is 9. The fourth-order valence-corrected chi connectivity index (χ4v) is 3.30. The Balaban J connectivity index is 1.78. The Morgan fingerprint density at radius 3 is 2.77 bits per heavy atom. The summed E-state index contributed by atoms with van der Waals surface area (Å²) in [5.74, 6) is 1.49. The van der Waals surface area contributed by atoms with E-state index in [1.807, 2.05) is 32.0 Å². The van der Waals surface area contributed by atoms with E-state index in [9.17, 15) is 15.2 Å². The zero-order chi connectivity index (χ0) is 22.3. The summed E-state index contributed by atoms with van der Waals surface area (Å²) in [7, 11) is 0. The minimum Gasteiger partial charge on any atom is -0.485 e. The molecule has 31 heavy (non-hydrogen) atoms. The highest BCUT2D eigenvalue weighted by molar-refractivity contribution is 5.49. The molecule has 0 saturated carbocycles. The quantitative estimate of drug-likeness (QED) is 0.363. The molecule has 0 aromatic heterocycles. The van der Waals surface area contributed by atoms with Gasteiger partial charge in [0, 0.05) is 24.6 Å². The molecular weight excluding hydrogens is 396 g/mol. The molecule has 0 radical (unpaired) electrons. The Morgan fingerprint density at radius 1 is 1.29 bits per heavy atom. The number of nitriles is 1. The number of hydrogen-bond acceptors (Lipinski definition) is 7. The van der Waals surface area contributed by atoms with Gasteiger partial charge in [0.2, 0.25) is 0 Å². The van der Waals surface area contributed by atoms with Crippen LogP contribution in [-0.4, -0.2) is 36.2 Å². The highest BCUT2D eigenvalue weighted by atomic mass is 16.7. The molecule has 0 saturated heterocycles. The normalized spacial score (nSPS) is 19.5. The lowest BCUT2D eigenvalue weighted by Gasteiger charge is -2.42. The Hall–Kier alpha value is -3.34. The third-order valence-corrected chi connectivity index (χ3v) is 4.92. The first-order valence-electron chi connectivity index (χ1n) is 10.1. The monoisotopic (exact) mass is 422 g/mol. The number of carbonyl (C=O) groups is 1. The van der Waals surface area contributed by atoms with Gasteiger partial charge in [-0.25, -0.2) is 0 Å². The molecule has 0 spiro atoms. The number of benzene rings is 2. The number of aldehydes is 1. The zero-order valence-electron chi connectivity index (χ0n) is 17.6. The molecule has 2 aromatic carbocycles. The van der Waals surface area contributed by atoms with Crippen LogP contribution in [0.5, 0.6) is 11.5 Å². The summed E-state index contributed by atoms with van der Waals surface area (Å²) in [6, 6.07) is 16.0. The molecule has 2 aromatic rings. The Morgan fingerprint density at radius 2 is 2.06 bits per heavy atom. The Kier molecular flexibility index (Phi) is 7.29. The second-order valence-electron chi connectivity index (χ2n) is 7.64. The maximum absolute atomic E-state index is 10.9. The van der Waals surface area contributed by atoms with Gasteiger partial charge in [-0.2, -0.15) is 5.26 Å². The van der Waals surface area contributed by atoms with Gasteiger partial charge < -0.3 is 29.4 Å². The molecule has 0 amide bonds. The van der Waals surface area contributed by atoms with Crippen LogP contribution < -0.4 is 14.8 Å². The first-order valence-corrected chi connectivity index (χ1v) is 10.1. The summed E-state index contributed by atoms with van der Waals surface area (Å²) in [6.45, 7) is 4.15. The molecule has 3 rings (SSSR count). The molecule has 1 aliphatic heterocycles. The fraction of sp³-hybridized carbons (Fsp3) is 0.333. The minimum absolute atomic E-state index is 0.198. The van der Waals surface area contributed by atoms with Crippen LogP contribution >= 0.6 is 0 Å². The lowest BCUT2D eigenvalue weighted by Crippen LogP contribution is -2.52. The number of hydrogen-bond donors (Lipinski definition) is 2. The number of para-hydroxylation sites is 1. The van der Waals surface area contributed by atoms with Crippen molar-refractivity contribution in [3.63, 3.8) is 0 Å². The van der Waals surface area contributed by atoms with Crippen LogP contribution in [0.25, 0.3) is 0 Å². The molecule has 2 unspecified atom stereocenters. The summed E-state index contributed by atoms with van der Waals surface area (Å²) in [6.07, 6.45) is 1.89. The van der Waals surface area contributed by atoms with Crippen LogP contribution in [0.3, 0.4) is 0 Å². The second kappa shape index (κ2) is 10.1. The van der Waals surface area contributed by atoms with E-state index in [0.717, 1.165) is 6.29 Å². The Bertz CT molecular complexity index is 966. The van der Waals surface area contributed by atoms with Crippen molar-refractivity contribution < 1.29 is 24.1 Å². The number of fused-ring (bicyclic) bond motifs is 1. The highest BCUT2D eigenvalue weighted by Gasteiger charge is 2.42. The van der Waals surface area contributed by atoms with Gasteiger partial charge in [-0.3, -0.25) is 0 Å². The standard InChI is InChI=1S/C24H26N2O5/c1-24(2)23(28)22(19-15-17(16-25)9-10-20(19)31-24)26-12-11-21(29-14-6-13-27)30-18-7-4-3-5-8-18/h3-5,7-11,13,15,22-23,26,28H,6,12,14H2,1-2H3/b21-11-. The van der Waals surface area contributed by atoms with Gasteiger partial charge in [0.05, 0.1) is 24.3 Å². The summed E-state index contributed by atoms with van der Waals surface area (Å²) < 4.78 is 17.3. The number of carbonyl (C=O) groups excluding carboxylic acids is 1. The molecule has 0 fully saturated rings. The summed E-state index contributed by atoms with van der Waals surface area (Å²) >= 11 is 0. The molecule has 2 N–H and O–H groups in total. The van der Waals surface area contributed by atoms with E-state index in [1.165, 1.54) is 0 Å². The van der Waals surface area contributed by atoms with Crippen molar-refractivity contribution in [1.29, 1.82) is 5.26 Å².